The summed E-state index contributed by atoms with van der Waals surface area (Å²) in [6.45, 7) is 13.3. The molecule has 0 N–H and O–H groups in total. The number of allylic oxidation sites excluding steroid dienone is 3. The van der Waals surface area contributed by atoms with Crippen LogP contribution in [0.25, 0.3) is 0 Å². The molecule has 0 aromatic heterocycles. The Morgan fingerprint density at radius 1 is 0.500 bits per heavy atom. The van der Waals surface area contributed by atoms with E-state index in [0.29, 0.717) is 0 Å². The van der Waals surface area contributed by atoms with Crippen LogP contribution >= 0.6 is 0 Å². The summed E-state index contributed by atoms with van der Waals surface area (Å²) in [5.41, 5.74) is 0. The van der Waals surface area contributed by atoms with E-state index in [2.05, 4.69) is 26.7 Å². The van der Waals surface area contributed by atoms with E-state index in [1.165, 1.54) is 83.5 Å². The number of hydrogen-bond acceptors (Lipinski definition) is 0. The van der Waals surface area contributed by atoms with E-state index in [-0.39, 0.29) is 0 Å². The van der Waals surface area contributed by atoms with Crippen molar-refractivity contribution in [2.75, 3.05) is 0 Å². The van der Waals surface area contributed by atoms with Crippen molar-refractivity contribution in [2.45, 2.75) is 90.4 Å². The Morgan fingerprint density at radius 2 is 0.800 bits per heavy atom. The first kappa shape index (κ1) is 21.5. The van der Waals surface area contributed by atoms with Crippen LogP contribution in [-0.2, 0) is 0 Å². The second-order valence-corrected chi connectivity index (χ2v) is 5.41. The van der Waals surface area contributed by atoms with E-state index in [9.17, 15) is 0 Å². The van der Waals surface area contributed by atoms with Crippen LogP contribution in [0.3, 0.4) is 0 Å². The van der Waals surface area contributed by atoms with Crippen LogP contribution in [-0.4, -0.2) is 0 Å². The van der Waals surface area contributed by atoms with Crippen molar-refractivity contribution in [1.82, 2.24) is 0 Å². The maximum absolute atomic E-state index is 3.69. The van der Waals surface area contributed by atoms with Gasteiger partial charge >= 0.3 is 0 Å². The zero-order valence-corrected chi connectivity index (χ0v) is 14.0. The van der Waals surface area contributed by atoms with E-state index in [1.54, 1.807) is 0 Å². The Kier molecular flexibility index (Phi) is 25.1. The Balaban J connectivity index is 0. The van der Waals surface area contributed by atoms with E-state index in [4.69, 9.17) is 0 Å². The van der Waals surface area contributed by atoms with Gasteiger partial charge in [-0.3, -0.25) is 0 Å². The average Bonchev–Trinajstić information content (AvgIpc) is 2.47. The third-order valence-corrected chi connectivity index (χ3v) is 3.33. The Hall–Kier alpha value is -0.780. The predicted octanol–water partition coefficient (Wildman–Crippen LogP) is 7.62. The van der Waals surface area contributed by atoms with Crippen molar-refractivity contribution < 1.29 is 0 Å². The summed E-state index contributed by atoms with van der Waals surface area (Å²) in [5.74, 6) is 0. The molecule has 0 amide bonds. The maximum Gasteiger partial charge on any atom is -0.0353 e. The van der Waals surface area contributed by atoms with Crippen LogP contribution in [0.5, 0.6) is 0 Å². The lowest BCUT2D eigenvalue weighted by molar-refractivity contribution is 0.611. The summed E-state index contributed by atoms with van der Waals surface area (Å²) in [6.07, 6.45) is 23.2. The zero-order valence-electron chi connectivity index (χ0n) is 14.0. The summed E-state index contributed by atoms with van der Waals surface area (Å²) in [4.78, 5) is 0. The van der Waals surface area contributed by atoms with Gasteiger partial charge in [0.05, 0.1) is 0 Å². The normalized spacial score (nSPS) is 9.45. The molecule has 0 aromatic rings. The molecule has 0 spiro atoms. The van der Waals surface area contributed by atoms with Crippen LogP contribution in [0.1, 0.15) is 90.4 Å². The molecule has 0 aliphatic heterocycles. The number of unbranched alkanes of at least 4 members (excludes halogenated alkanes) is 11. The highest BCUT2D eigenvalue weighted by Crippen LogP contribution is 2.06. The summed E-state index contributed by atoms with van der Waals surface area (Å²) in [7, 11) is 0. The first-order valence-electron chi connectivity index (χ1n) is 8.66. The van der Waals surface area contributed by atoms with Crippen LogP contribution in [0.4, 0.5) is 0 Å². The molecular weight excluding hydrogens is 240 g/mol. The quantitative estimate of drug-likeness (QED) is 0.226. The van der Waals surface area contributed by atoms with Gasteiger partial charge in [-0.05, 0) is 38.5 Å². The summed E-state index contributed by atoms with van der Waals surface area (Å²) < 4.78 is 0. The zero-order chi connectivity index (χ0) is 15.3. The Labute approximate surface area is 129 Å². The summed E-state index contributed by atoms with van der Waals surface area (Å²) >= 11 is 0. The van der Waals surface area contributed by atoms with Gasteiger partial charge < -0.3 is 0 Å². The minimum absolute atomic E-state index is 1.17. The second kappa shape index (κ2) is 23.3. The predicted molar refractivity (Wildman–Crippen MR) is 96.3 cm³/mol. The van der Waals surface area contributed by atoms with E-state index < -0.39 is 0 Å². The number of hydrogen-bond donors (Lipinski definition) is 0. The van der Waals surface area contributed by atoms with Gasteiger partial charge in [-0.2, -0.15) is 0 Å². The molecule has 0 fully saturated rings. The highest BCUT2D eigenvalue weighted by atomic mass is 13.9. The molecule has 0 atom stereocenters. The monoisotopic (exact) mass is 278 g/mol. The van der Waals surface area contributed by atoms with Crippen molar-refractivity contribution in [3.8, 4) is 0 Å². The molecule has 0 heteroatoms. The van der Waals surface area contributed by atoms with Gasteiger partial charge in [0.15, 0.2) is 0 Å². The van der Waals surface area contributed by atoms with E-state index in [0.717, 1.165) is 0 Å². The largest absolute Gasteiger partial charge is 0.103 e. The topological polar surface area (TPSA) is 0 Å². The molecule has 0 bridgehead atoms. The molecule has 0 saturated carbocycles. The molecular formula is C20H38. The SMILES string of the molecule is C=CCCCCCCC=C.C=CCCCCCCCC. The molecule has 0 aliphatic rings. The third-order valence-electron chi connectivity index (χ3n) is 3.33. The van der Waals surface area contributed by atoms with Crippen molar-refractivity contribution in [3.05, 3.63) is 38.0 Å². The van der Waals surface area contributed by atoms with Gasteiger partial charge in [0, 0.05) is 0 Å². The molecule has 20 heavy (non-hydrogen) atoms. The molecule has 0 rings (SSSR count). The van der Waals surface area contributed by atoms with Crippen LogP contribution in [0.2, 0.25) is 0 Å². The van der Waals surface area contributed by atoms with E-state index >= 15 is 0 Å². The van der Waals surface area contributed by atoms with Crippen molar-refractivity contribution in [1.29, 1.82) is 0 Å². The van der Waals surface area contributed by atoms with Crippen molar-refractivity contribution in [2.24, 2.45) is 0 Å². The lowest BCUT2D eigenvalue weighted by Crippen LogP contribution is -1.76. The van der Waals surface area contributed by atoms with Gasteiger partial charge in [0.2, 0.25) is 0 Å². The smallest absolute Gasteiger partial charge is 0.0353 e. The fraction of sp³-hybridized carbons (Fsp3) is 0.700. The van der Waals surface area contributed by atoms with E-state index in [1.807, 2.05) is 18.2 Å². The van der Waals surface area contributed by atoms with Gasteiger partial charge in [-0.1, -0.05) is 70.1 Å². The first-order chi connectivity index (χ1) is 9.83. The van der Waals surface area contributed by atoms with Gasteiger partial charge in [0.25, 0.3) is 0 Å². The van der Waals surface area contributed by atoms with Crippen LogP contribution in [0, 0.1) is 0 Å². The number of rotatable bonds is 14. The average molecular weight is 279 g/mol. The fourth-order valence-corrected chi connectivity index (χ4v) is 2.00. The van der Waals surface area contributed by atoms with Crippen molar-refractivity contribution >= 4 is 0 Å². The Bertz CT molecular complexity index is 178. The summed E-state index contributed by atoms with van der Waals surface area (Å²) in [5, 5.41) is 0. The molecule has 0 nitrogen and oxygen atoms in total. The second-order valence-electron chi connectivity index (χ2n) is 5.41. The van der Waals surface area contributed by atoms with Gasteiger partial charge in [0.1, 0.15) is 0 Å². The molecule has 0 saturated heterocycles. The van der Waals surface area contributed by atoms with Gasteiger partial charge in [-0.15, -0.1) is 19.7 Å². The minimum Gasteiger partial charge on any atom is -0.103 e. The molecule has 0 aliphatic carbocycles. The molecule has 0 heterocycles. The van der Waals surface area contributed by atoms with Gasteiger partial charge in [-0.25, -0.2) is 0 Å². The lowest BCUT2D eigenvalue weighted by atomic mass is 10.1. The Morgan fingerprint density at radius 3 is 1.10 bits per heavy atom. The lowest BCUT2D eigenvalue weighted by Gasteiger charge is -1.96. The van der Waals surface area contributed by atoms with Crippen LogP contribution < -0.4 is 0 Å². The maximum atomic E-state index is 3.69. The third kappa shape index (κ3) is 25.9. The highest BCUT2D eigenvalue weighted by Gasteiger charge is 1.87. The fourth-order valence-electron chi connectivity index (χ4n) is 2.00. The summed E-state index contributed by atoms with van der Waals surface area (Å²) in [6, 6.07) is 0. The first-order valence-corrected chi connectivity index (χ1v) is 8.66. The minimum atomic E-state index is 1.17. The standard InChI is InChI=1S/C10H20.C10H18/c2*1-3-5-7-9-10-8-6-4-2/h3H,1,4-10H2,2H3;3-4H,1-2,5-10H2. The molecule has 0 unspecified atom stereocenters. The van der Waals surface area contributed by atoms with Crippen molar-refractivity contribution in [3.63, 3.8) is 0 Å². The highest BCUT2D eigenvalue weighted by molar-refractivity contribution is 4.67. The van der Waals surface area contributed by atoms with Crippen LogP contribution in [0.15, 0.2) is 38.0 Å². The molecule has 0 aromatic carbocycles. The molecule has 0 radical (unpaired) electrons. The molecule has 118 valence electrons.